The van der Waals surface area contributed by atoms with Crippen molar-refractivity contribution in [3.05, 3.63) is 47.8 Å². The lowest BCUT2D eigenvalue weighted by Crippen LogP contribution is -2.35. The number of hydrogen-bond donors (Lipinski definition) is 1. The van der Waals surface area contributed by atoms with Crippen LogP contribution in [0.25, 0.3) is 0 Å². The second kappa shape index (κ2) is 7.00. The van der Waals surface area contributed by atoms with E-state index in [-0.39, 0.29) is 30.5 Å². The van der Waals surface area contributed by atoms with Gasteiger partial charge in [-0.25, -0.2) is 9.37 Å². The van der Waals surface area contributed by atoms with Crippen LogP contribution in [0, 0.1) is 5.82 Å². The van der Waals surface area contributed by atoms with Crippen LogP contribution >= 0.6 is 0 Å². The van der Waals surface area contributed by atoms with Crippen LogP contribution in [0.2, 0.25) is 0 Å². The quantitative estimate of drug-likeness (QED) is 0.912. The fourth-order valence-corrected chi connectivity index (χ4v) is 2.80. The van der Waals surface area contributed by atoms with E-state index in [1.807, 2.05) is 24.7 Å². The Kier molecular flexibility index (Phi) is 4.80. The topological polar surface area (TPSA) is 65.4 Å². The van der Waals surface area contributed by atoms with Crippen molar-refractivity contribution in [3.63, 3.8) is 0 Å². The summed E-state index contributed by atoms with van der Waals surface area (Å²) < 4.78 is 26.4. The van der Waals surface area contributed by atoms with Crippen molar-refractivity contribution in [1.29, 1.82) is 0 Å². The number of rotatable bonds is 5. The summed E-state index contributed by atoms with van der Waals surface area (Å²) in [6.45, 7) is 2.24. The zero-order chi connectivity index (χ0) is 17.1. The average molecular weight is 333 g/mol. The minimum Gasteiger partial charge on any atom is -0.493 e. The summed E-state index contributed by atoms with van der Waals surface area (Å²) in [4.78, 5) is 16.4. The van der Waals surface area contributed by atoms with Crippen LogP contribution in [0.3, 0.4) is 0 Å². The van der Waals surface area contributed by atoms with Crippen LogP contribution in [0.15, 0.2) is 30.6 Å². The molecule has 0 fully saturated rings. The van der Waals surface area contributed by atoms with Gasteiger partial charge in [0, 0.05) is 31.4 Å². The molecule has 0 saturated heterocycles. The van der Waals surface area contributed by atoms with Crippen LogP contribution in [0.1, 0.15) is 36.9 Å². The van der Waals surface area contributed by atoms with E-state index < -0.39 is 0 Å². The van der Waals surface area contributed by atoms with Gasteiger partial charge in [0.2, 0.25) is 5.91 Å². The number of benzene rings is 1. The molecule has 1 aromatic carbocycles. The summed E-state index contributed by atoms with van der Waals surface area (Å²) in [5.41, 5.74) is 0.659. The first-order chi connectivity index (χ1) is 11.5. The highest BCUT2D eigenvalue weighted by atomic mass is 19.1. The van der Waals surface area contributed by atoms with Crippen molar-refractivity contribution in [1.82, 2.24) is 14.9 Å². The number of nitrogens with zero attached hydrogens (tertiary/aromatic N) is 2. The van der Waals surface area contributed by atoms with Crippen molar-refractivity contribution in [2.45, 2.75) is 25.5 Å². The fraction of sp³-hybridized carbons (Fsp3) is 0.412. The molecule has 1 amide bonds. The minimum atomic E-state index is -0.349. The maximum absolute atomic E-state index is 13.5. The molecule has 24 heavy (non-hydrogen) atoms. The van der Waals surface area contributed by atoms with Gasteiger partial charge in [-0.15, -0.1) is 0 Å². The molecular formula is C17H20FN3O3. The molecule has 1 aliphatic rings. The van der Waals surface area contributed by atoms with Crippen LogP contribution in [-0.2, 0) is 16.6 Å². The van der Waals surface area contributed by atoms with Crippen LogP contribution in [-0.4, -0.2) is 28.7 Å². The molecule has 128 valence electrons. The number of carbonyl (C=O) groups is 1. The van der Waals surface area contributed by atoms with Crippen molar-refractivity contribution in [2.75, 3.05) is 13.2 Å². The maximum atomic E-state index is 13.5. The molecule has 1 aromatic heterocycles. The molecule has 2 unspecified atom stereocenters. The van der Waals surface area contributed by atoms with E-state index in [1.54, 1.807) is 12.3 Å². The molecular weight excluding hydrogens is 313 g/mol. The number of nitrogens with one attached hydrogen (secondary N) is 1. The highest BCUT2D eigenvalue weighted by Gasteiger charge is 2.24. The average Bonchev–Trinajstić information content (AvgIpc) is 2.99. The van der Waals surface area contributed by atoms with Gasteiger partial charge in [-0.05, 0) is 25.1 Å². The highest BCUT2D eigenvalue weighted by molar-refractivity contribution is 5.77. The zero-order valence-electron chi connectivity index (χ0n) is 13.7. The van der Waals surface area contributed by atoms with E-state index >= 15 is 0 Å². The third-order valence-corrected chi connectivity index (χ3v) is 4.03. The van der Waals surface area contributed by atoms with Gasteiger partial charge in [0.1, 0.15) is 30.1 Å². The van der Waals surface area contributed by atoms with Gasteiger partial charge >= 0.3 is 0 Å². The fourth-order valence-electron chi connectivity index (χ4n) is 2.80. The summed E-state index contributed by atoms with van der Waals surface area (Å²) in [5.74, 6) is 0.757. The Morgan fingerprint density at radius 3 is 3.17 bits per heavy atom. The smallest absolute Gasteiger partial charge is 0.246 e. The molecule has 0 bridgehead atoms. The summed E-state index contributed by atoms with van der Waals surface area (Å²) in [6.07, 6.45) is 3.80. The van der Waals surface area contributed by atoms with Crippen molar-refractivity contribution in [2.24, 2.45) is 7.05 Å². The number of ether oxygens (including phenoxy) is 2. The second-order valence-electron chi connectivity index (χ2n) is 5.79. The van der Waals surface area contributed by atoms with Gasteiger partial charge in [-0.3, -0.25) is 4.79 Å². The van der Waals surface area contributed by atoms with Crippen LogP contribution in [0.5, 0.6) is 5.75 Å². The molecule has 1 aliphatic heterocycles. The normalized spacial score (nSPS) is 17.7. The van der Waals surface area contributed by atoms with E-state index in [1.165, 1.54) is 12.1 Å². The maximum Gasteiger partial charge on any atom is 0.246 e. The van der Waals surface area contributed by atoms with E-state index in [0.717, 1.165) is 5.82 Å². The van der Waals surface area contributed by atoms with Gasteiger partial charge in [-0.1, -0.05) is 0 Å². The molecule has 0 saturated carbocycles. The Morgan fingerprint density at radius 1 is 1.58 bits per heavy atom. The predicted octanol–water partition coefficient (Wildman–Crippen LogP) is 2.28. The standard InChI is InChI=1S/C17H20FN3O3/c1-11(17-19-6-7-21(17)2)24-10-16(22)20-14-5-8-23-15-4-3-12(18)9-13(14)15/h3-4,6-7,9,11,14H,5,8,10H2,1-2H3,(H,20,22). The van der Waals surface area contributed by atoms with Crippen molar-refractivity contribution >= 4 is 5.91 Å². The van der Waals surface area contributed by atoms with E-state index in [9.17, 15) is 9.18 Å². The lowest BCUT2D eigenvalue weighted by atomic mass is 10.0. The SMILES string of the molecule is CC(OCC(=O)NC1CCOc2ccc(F)cc21)c1nccn1C. The molecule has 6 nitrogen and oxygen atoms in total. The lowest BCUT2D eigenvalue weighted by Gasteiger charge is -2.27. The Hall–Kier alpha value is -2.41. The van der Waals surface area contributed by atoms with Gasteiger partial charge in [0.05, 0.1) is 12.6 Å². The Bertz CT molecular complexity index is 732. The molecule has 2 atom stereocenters. The van der Waals surface area contributed by atoms with Gasteiger partial charge in [0.15, 0.2) is 0 Å². The largest absolute Gasteiger partial charge is 0.493 e. The molecule has 0 aliphatic carbocycles. The molecule has 2 aromatic rings. The Labute approximate surface area is 139 Å². The van der Waals surface area contributed by atoms with E-state index in [2.05, 4.69) is 10.3 Å². The molecule has 7 heteroatoms. The summed E-state index contributed by atoms with van der Waals surface area (Å²) >= 11 is 0. The van der Waals surface area contributed by atoms with Crippen molar-refractivity contribution < 1.29 is 18.7 Å². The molecule has 0 radical (unpaired) electrons. The minimum absolute atomic E-state index is 0.0873. The van der Waals surface area contributed by atoms with Gasteiger partial charge in [-0.2, -0.15) is 0 Å². The number of halogens is 1. The van der Waals surface area contributed by atoms with E-state index in [4.69, 9.17) is 9.47 Å². The second-order valence-corrected chi connectivity index (χ2v) is 5.79. The summed E-state index contributed by atoms with van der Waals surface area (Å²) in [7, 11) is 1.87. The molecule has 3 rings (SSSR count). The summed E-state index contributed by atoms with van der Waals surface area (Å²) in [5, 5.41) is 2.88. The zero-order valence-corrected chi connectivity index (χ0v) is 13.7. The van der Waals surface area contributed by atoms with Gasteiger partial charge < -0.3 is 19.4 Å². The Balaban J connectivity index is 1.58. The number of aryl methyl sites for hydroxylation is 1. The Morgan fingerprint density at radius 2 is 2.42 bits per heavy atom. The first kappa shape index (κ1) is 16.4. The first-order valence-electron chi connectivity index (χ1n) is 7.85. The monoisotopic (exact) mass is 333 g/mol. The third kappa shape index (κ3) is 3.56. The first-order valence-corrected chi connectivity index (χ1v) is 7.85. The molecule has 2 heterocycles. The molecule has 1 N–H and O–H groups in total. The highest BCUT2D eigenvalue weighted by Crippen LogP contribution is 2.32. The lowest BCUT2D eigenvalue weighted by molar-refractivity contribution is -0.128. The molecule has 0 spiro atoms. The number of hydrogen-bond acceptors (Lipinski definition) is 4. The number of carbonyl (C=O) groups excluding carboxylic acids is 1. The predicted molar refractivity (Wildman–Crippen MR) is 85.0 cm³/mol. The number of aromatic nitrogens is 2. The number of imidazole rings is 1. The van der Waals surface area contributed by atoms with E-state index in [0.29, 0.717) is 24.3 Å². The third-order valence-electron chi connectivity index (χ3n) is 4.03. The van der Waals surface area contributed by atoms with Crippen LogP contribution in [0.4, 0.5) is 4.39 Å². The number of amides is 1. The van der Waals surface area contributed by atoms with Gasteiger partial charge in [0.25, 0.3) is 0 Å². The van der Waals surface area contributed by atoms with Crippen molar-refractivity contribution in [3.8, 4) is 5.75 Å². The van der Waals surface area contributed by atoms with Crippen LogP contribution < -0.4 is 10.1 Å². The summed E-state index contributed by atoms with van der Waals surface area (Å²) in [6, 6.07) is 4.06. The number of fused-ring (bicyclic) bond motifs is 1.